The SMILES string of the molecule is CC1=CC(C)CC(CNc2ccc(F)c(C)c2)C1. The number of allylic oxidation sites excluding steroid dienone is 2. The van der Waals surface area contributed by atoms with Gasteiger partial charge in [0.25, 0.3) is 0 Å². The number of hydrogen-bond acceptors (Lipinski definition) is 1. The fraction of sp³-hybridized carbons (Fsp3) is 0.500. The molecule has 0 amide bonds. The molecule has 1 aromatic rings. The van der Waals surface area contributed by atoms with Gasteiger partial charge in [0.1, 0.15) is 5.82 Å². The Kier molecular flexibility index (Phi) is 4.05. The molecule has 1 N–H and O–H groups in total. The van der Waals surface area contributed by atoms with Gasteiger partial charge in [-0.25, -0.2) is 4.39 Å². The first-order valence-electron chi connectivity index (χ1n) is 6.72. The van der Waals surface area contributed by atoms with Crippen molar-refractivity contribution in [2.75, 3.05) is 11.9 Å². The lowest BCUT2D eigenvalue weighted by molar-refractivity contribution is 0.421. The number of anilines is 1. The van der Waals surface area contributed by atoms with Gasteiger partial charge in [0.2, 0.25) is 0 Å². The lowest BCUT2D eigenvalue weighted by Gasteiger charge is -2.26. The van der Waals surface area contributed by atoms with Crippen LogP contribution in [-0.2, 0) is 0 Å². The summed E-state index contributed by atoms with van der Waals surface area (Å²) in [5, 5.41) is 3.43. The number of rotatable bonds is 3. The van der Waals surface area contributed by atoms with E-state index in [-0.39, 0.29) is 5.82 Å². The van der Waals surface area contributed by atoms with Crippen LogP contribution in [0.25, 0.3) is 0 Å². The van der Waals surface area contributed by atoms with Gasteiger partial charge in [-0.3, -0.25) is 0 Å². The van der Waals surface area contributed by atoms with Gasteiger partial charge in [-0.15, -0.1) is 0 Å². The fourth-order valence-corrected chi connectivity index (χ4v) is 2.86. The van der Waals surface area contributed by atoms with Gasteiger partial charge in [0.15, 0.2) is 0 Å². The lowest BCUT2D eigenvalue weighted by atomic mass is 9.84. The highest BCUT2D eigenvalue weighted by molar-refractivity contribution is 5.46. The van der Waals surface area contributed by atoms with Crippen LogP contribution in [0.5, 0.6) is 0 Å². The highest BCUT2D eigenvalue weighted by Gasteiger charge is 2.17. The van der Waals surface area contributed by atoms with E-state index in [2.05, 4.69) is 25.2 Å². The zero-order valence-corrected chi connectivity index (χ0v) is 11.5. The minimum atomic E-state index is -0.134. The molecule has 0 saturated heterocycles. The van der Waals surface area contributed by atoms with E-state index >= 15 is 0 Å². The van der Waals surface area contributed by atoms with Crippen molar-refractivity contribution in [3.8, 4) is 0 Å². The minimum Gasteiger partial charge on any atom is -0.385 e. The van der Waals surface area contributed by atoms with E-state index in [1.807, 2.05) is 12.1 Å². The maximum atomic E-state index is 13.2. The fourth-order valence-electron chi connectivity index (χ4n) is 2.86. The molecule has 2 unspecified atom stereocenters. The Balaban J connectivity index is 1.92. The molecule has 2 rings (SSSR count). The standard InChI is InChI=1S/C16H22FN/c1-11-6-12(2)8-14(7-11)10-18-15-4-5-16(17)13(3)9-15/h4-6,9,11,14,18H,7-8,10H2,1-3H3. The van der Waals surface area contributed by atoms with E-state index in [0.29, 0.717) is 17.4 Å². The number of aryl methyl sites for hydroxylation is 1. The highest BCUT2D eigenvalue weighted by atomic mass is 19.1. The Labute approximate surface area is 109 Å². The van der Waals surface area contributed by atoms with Crippen molar-refractivity contribution in [3.63, 3.8) is 0 Å². The van der Waals surface area contributed by atoms with Gasteiger partial charge in [-0.1, -0.05) is 18.6 Å². The van der Waals surface area contributed by atoms with Crippen LogP contribution in [0.4, 0.5) is 10.1 Å². The summed E-state index contributed by atoms with van der Waals surface area (Å²) in [5.41, 5.74) is 3.22. The van der Waals surface area contributed by atoms with E-state index in [0.717, 1.165) is 12.2 Å². The molecular formula is C16H22FN. The molecule has 0 fully saturated rings. The molecule has 0 heterocycles. The van der Waals surface area contributed by atoms with Crippen LogP contribution < -0.4 is 5.32 Å². The molecule has 1 aromatic carbocycles. The third-order valence-electron chi connectivity index (χ3n) is 3.64. The van der Waals surface area contributed by atoms with Gasteiger partial charge in [0.05, 0.1) is 0 Å². The number of hydrogen-bond donors (Lipinski definition) is 1. The molecule has 98 valence electrons. The van der Waals surface area contributed by atoms with Crippen molar-refractivity contribution in [3.05, 3.63) is 41.2 Å². The first-order valence-corrected chi connectivity index (χ1v) is 6.72. The second-order valence-electron chi connectivity index (χ2n) is 5.64. The quantitative estimate of drug-likeness (QED) is 0.773. The lowest BCUT2D eigenvalue weighted by Crippen LogP contribution is -2.20. The summed E-state index contributed by atoms with van der Waals surface area (Å²) in [5.74, 6) is 1.24. The monoisotopic (exact) mass is 247 g/mol. The van der Waals surface area contributed by atoms with Crippen molar-refractivity contribution in [1.82, 2.24) is 0 Å². The van der Waals surface area contributed by atoms with Crippen molar-refractivity contribution >= 4 is 5.69 Å². The molecule has 1 nitrogen and oxygen atoms in total. The van der Waals surface area contributed by atoms with E-state index < -0.39 is 0 Å². The molecule has 0 aliphatic heterocycles. The third kappa shape index (κ3) is 3.34. The predicted molar refractivity (Wildman–Crippen MR) is 75.3 cm³/mol. The molecular weight excluding hydrogens is 225 g/mol. The van der Waals surface area contributed by atoms with Crippen LogP contribution in [0.1, 0.15) is 32.3 Å². The minimum absolute atomic E-state index is 0.134. The predicted octanol–water partition coefficient (Wildman–Crippen LogP) is 4.54. The van der Waals surface area contributed by atoms with Crippen LogP contribution in [-0.4, -0.2) is 6.54 Å². The Morgan fingerprint density at radius 3 is 2.78 bits per heavy atom. The molecule has 18 heavy (non-hydrogen) atoms. The van der Waals surface area contributed by atoms with E-state index in [4.69, 9.17) is 0 Å². The summed E-state index contributed by atoms with van der Waals surface area (Å²) >= 11 is 0. The van der Waals surface area contributed by atoms with Crippen LogP contribution in [0.3, 0.4) is 0 Å². The second-order valence-corrected chi connectivity index (χ2v) is 5.64. The zero-order chi connectivity index (χ0) is 13.1. The molecule has 0 aromatic heterocycles. The summed E-state index contributed by atoms with van der Waals surface area (Å²) in [6, 6.07) is 5.23. The third-order valence-corrected chi connectivity index (χ3v) is 3.64. The second kappa shape index (κ2) is 5.55. The van der Waals surface area contributed by atoms with Crippen LogP contribution >= 0.6 is 0 Å². The summed E-state index contributed by atoms with van der Waals surface area (Å²) in [4.78, 5) is 0. The van der Waals surface area contributed by atoms with Crippen LogP contribution in [0, 0.1) is 24.6 Å². The summed E-state index contributed by atoms with van der Waals surface area (Å²) in [6.07, 6.45) is 4.79. The van der Waals surface area contributed by atoms with Crippen molar-refractivity contribution < 1.29 is 4.39 Å². The molecule has 0 bridgehead atoms. The average Bonchev–Trinajstić information content (AvgIpc) is 2.29. The zero-order valence-electron chi connectivity index (χ0n) is 11.5. The number of benzene rings is 1. The van der Waals surface area contributed by atoms with Gasteiger partial charge >= 0.3 is 0 Å². The molecule has 0 spiro atoms. The molecule has 1 aliphatic rings. The van der Waals surface area contributed by atoms with E-state index in [1.165, 1.54) is 24.5 Å². The van der Waals surface area contributed by atoms with Gasteiger partial charge < -0.3 is 5.32 Å². The normalized spacial score (nSPS) is 23.7. The Morgan fingerprint density at radius 2 is 2.11 bits per heavy atom. The Hall–Kier alpha value is -1.31. The summed E-state index contributed by atoms with van der Waals surface area (Å²) in [7, 11) is 0. The van der Waals surface area contributed by atoms with Crippen LogP contribution in [0.15, 0.2) is 29.8 Å². The van der Waals surface area contributed by atoms with E-state index in [9.17, 15) is 4.39 Å². The average molecular weight is 247 g/mol. The highest BCUT2D eigenvalue weighted by Crippen LogP contribution is 2.28. The van der Waals surface area contributed by atoms with E-state index in [1.54, 1.807) is 6.92 Å². The Bertz CT molecular complexity index is 450. The molecule has 0 radical (unpaired) electrons. The van der Waals surface area contributed by atoms with Gasteiger partial charge in [0, 0.05) is 12.2 Å². The summed E-state index contributed by atoms with van der Waals surface area (Å²) in [6.45, 7) is 7.26. The topological polar surface area (TPSA) is 12.0 Å². The van der Waals surface area contributed by atoms with Gasteiger partial charge in [-0.05, 0) is 62.3 Å². The largest absolute Gasteiger partial charge is 0.385 e. The Morgan fingerprint density at radius 1 is 1.33 bits per heavy atom. The molecule has 2 heteroatoms. The number of nitrogens with one attached hydrogen (secondary N) is 1. The first kappa shape index (κ1) is 13.1. The van der Waals surface area contributed by atoms with Gasteiger partial charge in [-0.2, -0.15) is 0 Å². The molecule has 1 aliphatic carbocycles. The van der Waals surface area contributed by atoms with Crippen molar-refractivity contribution in [2.24, 2.45) is 11.8 Å². The van der Waals surface area contributed by atoms with Crippen molar-refractivity contribution in [2.45, 2.75) is 33.6 Å². The smallest absolute Gasteiger partial charge is 0.126 e. The maximum absolute atomic E-state index is 13.2. The van der Waals surface area contributed by atoms with Crippen molar-refractivity contribution in [1.29, 1.82) is 0 Å². The van der Waals surface area contributed by atoms with Crippen LogP contribution in [0.2, 0.25) is 0 Å². The molecule has 0 saturated carbocycles. The maximum Gasteiger partial charge on any atom is 0.126 e. The molecule has 2 atom stereocenters. The number of halogens is 1. The first-order chi connectivity index (χ1) is 8.54. The summed E-state index contributed by atoms with van der Waals surface area (Å²) < 4.78 is 13.2.